The van der Waals surface area contributed by atoms with E-state index in [1.165, 1.54) is 11.8 Å². The number of nitrogens with one attached hydrogen (secondary N) is 1. The van der Waals surface area contributed by atoms with Gasteiger partial charge in [-0.2, -0.15) is 0 Å². The number of hydrogen-bond donors (Lipinski definition) is 2. The maximum Gasteiger partial charge on any atom is 0.254 e. The number of carbonyl (C=O) groups is 1. The molecular weight excluding hydrogens is 286 g/mol. The summed E-state index contributed by atoms with van der Waals surface area (Å²) in [7, 11) is 1.61. The van der Waals surface area contributed by atoms with Crippen LogP contribution in [-0.4, -0.2) is 24.2 Å². The van der Waals surface area contributed by atoms with Gasteiger partial charge in [0.25, 0.3) is 5.91 Å². The van der Waals surface area contributed by atoms with E-state index in [9.17, 15) is 9.90 Å². The maximum absolute atomic E-state index is 12.1. The standard InChI is InChI=1S/C16H15NO3S/c1-20-11-8-6-10(7-9-11)15-14(18)16(19)17-12-4-2-3-5-13(12)21-15/h2-9,14-15,18H,1H3,(H,17,19)/t14?,15-/m0/s1. The number of rotatable bonds is 2. The molecular formula is C16H15NO3S. The molecule has 2 aromatic carbocycles. The van der Waals surface area contributed by atoms with E-state index >= 15 is 0 Å². The molecule has 0 radical (unpaired) electrons. The summed E-state index contributed by atoms with van der Waals surface area (Å²) in [5.41, 5.74) is 1.63. The number of carbonyl (C=O) groups excluding carboxylic acids is 1. The Hall–Kier alpha value is -1.98. The van der Waals surface area contributed by atoms with Crippen molar-refractivity contribution in [1.29, 1.82) is 0 Å². The van der Waals surface area contributed by atoms with Gasteiger partial charge in [0.05, 0.1) is 18.0 Å². The molecule has 0 aliphatic carbocycles. The molecule has 108 valence electrons. The fourth-order valence-electron chi connectivity index (χ4n) is 2.26. The summed E-state index contributed by atoms with van der Waals surface area (Å²) in [6, 6.07) is 15.0. The summed E-state index contributed by atoms with van der Waals surface area (Å²) in [4.78, 5) is 13.0. The Kier molecular flexibility index (Phi) is 3.86. The lowest BCUT2D eigenvalue weighted by Crippen LogP contribution is -2.30. The normalized spacial score (nSPS) is 21.1. The van der Waals surface area contributed by atoms with Crippen LogP contribution in [0.1, 0.15) is 10.8 Å². The third-order valence-electron chi connectivity index (χ3n) is 3.40. The number of fused-ring (bicyclic) bond motifs is 1. The van der Waals surface area contributed by atoms with E-state index in [1.54, 1.807) is 7.11 Å². The van der Waals surface area contributed by atoms with Gasteiger partial charge in [-0.15, -0.1) is 11.8 Å². The van der Waals surface area contributed by atoms with E-state index in [1.807, 2.05) is 48.5 Å². The van der Waals surface area contributed by atoms with E-state index in [-0.39, 0.29) is 11.2 Å². The number of ether oxygens (including phenoxy) is 1. The average Bonchev–Trinajstić information content (AvgIpc) is 2.65. The van der Waals surface area contributed by atoms with Gasteiger partial charge in [0.2, 0.25) is 0 Å². The summed E-state index contributed by atoms with van der Waals surface area (Å²) in [6.45, 7) is 0. The molecule has 1 heterocycles. The zero-order valence-corrected chi connectivity index (χ0v) is 12.3. The smallest absolute Gasteiger partial charge is 0.254 e. The Bertz CT molecular complexity index is 657. The molecule has 0 aromatic heterocycles. The lowest BCUT2D eigenvalue weighted by molar-refractivity contribution is -0.124. The molecule has 1 amide bonds. The molecule has 3 rings (SSSR count). The Morgan fingerprint density at radius 3 is 2.57 bits per heavy atom. The van der Waals surface area contributed by atoms with Crippen molar-refractivity contribution in [3.63, 3.8) is 0 Å². The first-order valence-corrected chi connectivity index (χ1v) is 7.45. The molecule has 1 aliphatic rings. The molecule has 2 N–H and O–H groups in total. The molecule has 21 heavy (non-hydrogen) atoms. The third kappa shape index (κ3) is 2.75. The van der Waals surface area contributed by atoms with Crippen LogP contribution in [0, 0.1) is 0 Å². The zero-order chi connectivity index (χ0) is 14.8. The largest absolute Gasteiger partial charge is 0.497 e. The van der Waals surface area contributed by atoms with Crippen molar-refractivity contribution in [1.82, 2.24) is 0 Å². The molecule has 0 fully saturated rings. The number of aliphatic hydroxyl groups is 1. The first kappa shape index (κ1) is 14.0. The van der Waals surface area contributed by atoms with Crippen LogP contribution in [0.25, 0.3) is 0 Å². The van der Waals surface area contributed by atoms with Gasteiger partial charge >= 0.3 is 0 Å². The topological polar surface area (TPSA) is 58.6 Å². The quantitative estimate of drug-likeness (QED) is 0.895. The third-order valence-corrected chi connectivity index (χ3v) is 4.79. The first-order chi connectivity index (χ1) is 10.2. The van der Waals surface area contributed by atoms with Crippen molar-refractivity contribution < 1.29 is 14.6 Å². The molecule has 0 spiro atoms. The molecule has 0 saturated carbocycles. The highest BCUT2D eigenvalue weighted by atomic mass is 32.2. The zero-order valence-electron chi connectivity index (χ0n) is 11.4. The maximum atomic E-state index is 12.1. The van der Waals surface area contributed by atoms with Crippen molar-refractivity contribution in [2.75, 3.05) is 12.4 Å². The van der Waals surface area contributed by atoms with E-state index in [0.29, 0.717) is 0 Å². The van der Waals surface area contributed by atoms with E-state index in [0.717, 1.165) is 21.9 Å². The molecule has 4 nitrogen and oxygen atoms in total. The van der Waals surface area contributed by atoms with Gasteiger partial charge in [-0.25, -0.2) is 0 Å². The van der Waals surface area contributed by atoms with Crippen LogP contribution in [0.2, 0.25) is 0 Å². The molecule has 1 aliphatic heterocycles. The fourth-order valence-corrected chi connectivity index (χ4v) is 3.48. The van der Waals surface area contributed by atoms with E-state index in [4.69, 9.17) is 4.74 Å². The van der Waals surface area contributed by atoms with Crippen molar-refractivity contribution in [2.24, 2.45) is 0 Å². The minimum absolute atomic E-state index is 0.348. The number of aliphatic hydroxyl groups excluding tert-OH is 1. The number of amides is 1. The summed E-state index contributed by atoms with van der Waals surface area (Å²) in [5, 5.41) is 12.7. The van der Waals surface area contributed by atoms with Gasteiger partial charge in [-0.05, 0) is 29.8 Å². The number of hydrogen-bond acceptors (Lipinski definition) is 4. The van der Waals surface area contributed by atoms with Crippen LogP contribution in [0.3, 0.4) is 0 Å². The second kappa shape index (κ2) is 5.79. The molecule has 2 aromatic rings. The van der Waals surface area contributed by atoms with Crippen molar-refractivity contribution in [3.8, 4) is 5.75 Å². The van der Waals surface area contributed by atoms with E-state index < -0.39 is 6.10 Å². The second-order valence-electron chi connectivity index (χ2n) is 4.74. The summed E-state index contributed by atoms with van der Waals surface area (Å²) in [6.07, 6.45) is -1.10. The lowest BCUT2D eigenvalue weighted by Gasteiger charge is -2.19. The van der Waals surface area contributed by atoms with Gasteiger partial charge in [-0.3, -0.25) is 4.79 Å². The van der Waals surface area contributed by atoms with Crippen LogP contribution >= 0.6 is 11.8 Å². The SMILES string of the molecule is COc1ccc([C@@H]2Sc3ccccc3NC(=O)C2O)cc1. The van der Waals surface area contributed by atoms with Crippen LogP contribution < -0.4 is 10.1 Å². The molecule has 0 saturated heterocycles. The highest BCUT2D eigenvalue weighted by Crippen LogP contribution is 2.43. The van der Waals surface area contributed by atoms with Crippen LogP contribution in [-0.2, 0) is 4.79 Å². The predicted octanol–water partition coefficient (Wildman–Crippen LogP) is 2.84. The van der Waals surface area contributed by atoms with Gasteiger partial charge in [0, 0.05) is 4.90 Å². The Morgan fingerprint density at radius 1 is 1.14 bits per heavy atom. The van der Waals surface area contributed by atoms with Gasteiger partial charge in [-0.1, -0.05) is 24.3 Å². The van der Waals surface area contributed by atoms with E-state index in [2.05, 4.69) is 5.32 Å². The lowest BCUT2D eigenvalue weighted by atomic mass is 10.1. The molecule has 2 atom stereocenters. The van der Waals surface area contributed by atoms with Crippen molar-refractivity contribution >= 4 is 23.4 Å². The molecule has 1 unspecified atom stereocenters. The highest BCUT2D eigenvalue weighted by Gasteiger charge is 2.32. The highest BCUT2D eigenvalue weighted by molar-refractivity contribution is 7.99. The summed E-state index contributed by atoms with van der Waals surface area (Å²) >= 11 is 1.48. The summed E-state index contributed by atoms with van der Waals surface area (Å²) in [5.74, 6) is 0.366. The minimum Gasteiger partial charge on any atom is -0.497 e. The number of anilines is 1. The Labute approximate surface area is 127 Å². The summed E-state index contributed by atoms with van der Waals surface area (Å²) < 4.78 is 5.14. The van der Waals surface area contributed by atoms with Crippen LogP contribution in [0.15, 0.2) is 53.4 Å². The van der Waals surface area contributed by atoms with Crippen molar-refractivity contribution in [2.45, 2.75) is 16.2 Å². The molecule has 0 bridgehead atoms. The van der Waals surface area contributed by atoms with Crippen LogP contribution in [0.4, 0.5) is 5.69 Å². The minimum atomic E-state index is -1.10. The predicted molar refractivity (Wildman–Crippen MR) is 82.7 cm³/mol. The van der Waals surface area contributed by atoms with Gasteiger partial charge in [0.15, 0.2) is 0 Å². The van der Waals surface area contributed by atoms with Gasteiger partial charge in [0.1, 0.15) is 11.9 Å². The number of methoxy groups -OCH3 is 1. The fraction of sp³-hybridized carbons (Fsp3) is 0.188. The number of para-hydroxylation sites is 1. The first-order valence-electron chi connectivity index (χ1n) is 6.57. The number of thioether (sulfide) groups is 1. The van der Waals surface area contributed by atoms with Crippen molar-refractivity contribution in [3.05, 3.63) is 54.1 Å². The Morgan fingerprint density at radius 2 is 1.86 bits per heavy atom. The van der Waals surface area contributed by atoms with Gasteiger partial charge < -0.3 is 15.2 Å². The number of benzene rings is 2. The van der Waals surface area contributed by atoms with Crippen LogP contribution in [0.5, 0.6) is 5.75 Å². The second-order valence-corrected chi connectivity index (χ2v) is 5.93. The monoisotopic (exact) mass is 301 g/mol. The molecule has 5 heteroatoms. The average molecular weight is 301 g/mol. The Balaban J connectivity index is 1.98.